The van der Waals surface area contributed by atoms with Gasteiger partial charge in [-0.3, -0.25) is 0 Å². The Labute approximate surface area is 87.5 Å². The molecule has 1 heteroatoms. The topological polar surface area (TPSA) is 12.0 Å². The van der Waals surface area contributed by atoms with E-state index in [9.17, 15) is 0 Å². The number of hydrogen-bond acceptors (Lipinski definition) is 1. The van der Waals surface area contributed by atoms with Crippen LogP contribution in [0.2, 0.25) is 0 Å². The second kappa shape index (κ2) is 5.82. The second-order valence-electron chi connectivity index (χ2n) is 3.99. The molecule has 1 nitrogen and oxygen atoms in total. The molecule has 1 aromatic rings. The lowest BCUT2D eigenvalue weighted by Crippen LogP contribution is -2.25. The highest BCUT2D eigenvalue weighted by Crippen LogP contribution is 2.07. The van der Waals surface area contributed by atoms with E-state index in [1.165, 1.54) is 24.0 Å². The normalized spacial score (nSPS) is 12.8. The fourth-order valence-corrected chi connectivity index (χ4v) is 1.70. The zero-order chi connectivity index (χ0) is 10.4. The summed E-state index contributed by atoms with van der Waals surface area (Å²) >= 11 is 0. The molecule has 1 atom stereocenters. The highest BCUT2D eigenvalue weighted by Gasteiger charge is 2.00. The summed E-state index contributed by atoms with van der Waals surface area (Å²) in [6, 6.07) is 9.41. The van der Waals surface area contributed by atoms with Crippen LogP contribution in [0, 0.1) is 6.92 Å². The molecule has 0 aliphatic carbocycles. The first-order valence-corrected chi connectivity index (χ1v) is 5.51. The summed E-state index contributed by atoms with van der Waals surface area (Å²) in [5.74, 6) is 0. The summed E-state index contributed by atoms with van der Waals surface area (Å²) in [4.78, 5) is 0. The van der Waals surface area contributed by atoms with Gasteiger partial charge in [0, 0.05) is 6.04 Å². The van der Waals surface area contributed by atoms with Gasteiger partial charge in [0.1, 0.15) is 0 Å². The molecule has 0 aliphatic rings. The monoisotopic (exact) mass is 191 g/mol. The molecule has 0 aromatic heterocycles. The molecule has 0 bridgehead atoms. The van der Waals surface area contributed by atoms with Crippen molar-refractivity contribution in [2.45, 2.75) is 39.7 Å². The molecule has 0 spiro atoms. The maximum Gasteiger partial charge on any atom is 0.00417 e. The Kier molecular flexibility index (Phi) is 4.68. The van der Waals surface area contributed by atoms with Gasteiger partial charge >= 0.3 is 0 Å². The Morgan fingerprint density at radius 3 is 2.79 bits per heavy atom. The van der Waals surface area contributed by atoms with Gasteiger partial charge in [-0.15, -0.1) is 0 Å². The molecular formula is C13H21N. The van der Waals surface area contributed by atoms with E-state index in [0.29, 0.717) is 6.04 Å². The van der Waals surface area contributed by atoms with Crippen molar-refractivity contribution in [3.63, 3.8) is 0 Å². The van der Waals surface area contributed by atoms with Crippen LogP contribution in [0.15, 0.2) is 24.3 Å². The second-order valence-corrected chi connectivity index (χ2v) is 3.99. The maximum absolute atomic E-state index is 3.43. The van der Waals surface area contributed by atoms with Crippen LogP contribution in [0.1, 0.15) is 31.4 Å². The minimum absolute atomic E-state index is 0.625. The standard InChI is InChI=1S/C13H21N/c1-4-14-12(3)8-9-13-7-5-6-11(2)10-13/h5-7,10,12,14H,4,8-9H2,1-3H3. The molecule has 0 heterocycles. The van der Waals surface area contributed by atoms with E-state index in [-0.39, 0.29) is 0 Å². The SMILES string of the molecule is CCNC(C)CCc1cccc(C)c1. The molecule has 0 amide bonds. The van der Waals surface area contributed by atoms with Crippen molar-refractivity contribution in [2.24, 2.45) is 0 Å². The average molecular weight is 191 g/mol. The molecule has 0 saturated heterocycles. The van der Waals surface area contributed by atoms with Crippen molar-refractivity contribution in [3.05, 3.63) is 35.4 Å². The van der Waals surface area contributed by atoms with Crippen molar-refractivity contribution in [1.82, 2.24) is 5.32 Å². The van der Waals surface area contributed by atoms with Crippen molar-refractivity contribution in [1.29, 1.82) is 0 Å². The smallest absolute Gasteiger partial charge is 0.00417 e. The largest absolute Gasteiger partial charge is 0.315 e. The third-order valence-corrected chi connectivity index (χ3v) is 2.50. The zero-order valence-corrected chi connectivity index (χ0v) is 9.51. The van der Waals surface area contributed by atoms with Gasteiger partial charge in [-0.2, -0.15) is 0 Å². The van der Waals surface area contributed by atoms with E-state index >= 15 is 0 Å². The molecular weight excluding hydrogens is 170 g/mol. The number of rotatable bonds is 5. The third kappa shape index (κ3) is 3.93. The van der Waals surface area contributed by atoms with Crippen LogP contribution < -0.4 is 5.32 Å². The van der Waals surface area contributed by atoms with Crippen molar-refractivity contribution in [3.8, 4) is 0 Å². The van der Waals surface area contributed by atoms with Gasteiger partial charge in [-0.05, 0) is 38.8 Å². The lowest BCUT2D eigenvalue weighted by molar-refractivity contribution is 0.530. The van der Waals surface area contributed by atoms with Crippen LogP contribution >= 0.6 is 0 Å². The molecule has 78 valence electrons. The van der Waals surface area contributed by atoms with Gasteiger partial charge in [0.15, 0.2) is 0 Å². The van der Waals surface area contributed by atoms with Gasteiger partial charge in [0.05, 0.1) is 0 Å². The quantitative estimate of drug-likeness (QED) is 0.754. The van der Waals surface area contributed by atoms with Gasteiger partial charge in [-0.25, -0.2) is 0 Å². The Morgan fingerprint density at radius 2 is 2.14 bits per heavy atom. The van der Waals surface area contributed by atoms with Crippen LogP contribution in [0.3, 0.4) is 0 Å². The predicted octanol–water partition coefficient (Wildman–Crippen LogP) is 2.93. The Morgan fingerprint density at radius 1 is 1.36 bits per heavy atom. The van der Waals surface area contributed by atoms with Crippen LogP contribution in [0.5, 0.6) is 0 Å². The Balaban J connectivity index is 2.37. The lowest BCUT2D eigenvalue weighted by Gasteiger charge is -2.11. The Hall–Kier alpha value is -0.820. The van der Waals surface area contributed by atoms with Crippen LogP contribution in [-0.4, -0.2) is 12.6 Å². The van der Waals surface area contributed by atoms with E-state index in [0.717, 1.165) is 6.54 Å². The number of hydrogen-bond donors (Lipinski definition) is 1. The fourth-order valence-electron chi connectivity index (χ4n) is 1.70. The highest BCUT2D eigenvalue weighted by molar-refractivity contribution is 5.22. The van der Waals surface area contributed by atoms with Crippen molar-refractivity contribution in [2.75, 3.05) is 6.54 Å². The van der Waals surface area contributed by atoms with Crippen LogP contribution in [0.25, 0.3) is 0 Å². The molecule has 1 unspecified atom stereocenters. The van der Waals surface area contributed by atoms with E-state index < -0.39 is 0 Å². The maximum atomic E-state index is 3.43. The molecule has 1 rings (SSSR count). The molecule has 0 saturated carbocycles. The summed E-state index contributed by atoms with van der Waals surface area (Å²) < 4.78 is 0. The van der Waals surface area contributed by atoms with Gasteiger partial charge in [0.2, 0.25) is 0 Å². The summed E-state index contributed by atoms with van der Waals surface area (Å²) in [5.41, 5.74) is 2.81. The van der Waals surface area contributed by atoms with Crippen LogP contribution in [-0.2, 0) is 6.42 Å². The highest BCUT2D eigenvalue weighted by atomic mass is 14.9. The number of benzene rings is 1. The van der Waals surface area contributed by atoms with E-state index in [1.807, 2.05) is 0 Å². The van der Waals surface area contributed by atoms with Crippen molar-refractivity contribution >= 4 is 0 Å². The molecule has 0 fully saturated rings. The zero-order valence-electron chi connectivity index (χ0n) is 9.51. The first-order chi connectivity index (χ1) is 6.72. The molecule has 1 aromatic carbocycles. The van der Waals surface area contributed by atoms with Crippen LogP contribution in [0.4, 0.5) is 0 Å². The van der Waals surface area contributed by atoms with Gasteiger partial charge in [0.25, 0.3) is 0 Å². The summed E-state index contributed by atoms with van der Waals surface area (Å²) in [5, 5.41) is 3.43. The molecule has 1 N–H and O–H groups in total. The minimum Gasteiger partial charge on any atom is -0.315 e. The number of nitrogens with one attached hydrogen (secondary N) is 1. The van der Waals surface area contributed by atoms with Crippen molar-refractivity contribution < 1.29 is 0 Å². The molecule has 14 heavy (non-hydrogen) atoms. The first-order valence-electron chi connectivity index (χ1n) is 5.51. The van der Waals surface area contributed by atoms with E-state index in [4.69, 9.17) is 0 Å². The predicted molar refractivity (Wildman–Crippen MR) is 62.6 cm³/mol. The Bertz CT molecular complexity index is 268. The lowest BCUT2D eigenvalue weighted by atomic mass is 10.0. The first kappa shape index (κ1) is 11.3. The third-order valence-electron chi connectivity index (χ3n) is 2.50. The molecule has 0 aliphatic heterocycles. The summed E-state index contributed by atoms with van der Waals surface area (Å²) in [7, 11) is 0. The van der Waals surface area contributed by atoms with E-state index in [1.54, 1.807) is 0 Å². The summed E-state index contributed by atoms with van der Waals surface area (Å²) in [6.45, 7) is 7.62. The molecule has 0 radical (unpaired) electrons. The number of aryl methyl sites for hydroxylation is 2. The van der Waals surface area contributed by atoms with E-state index in [2.05, 4.69) is 50.4 Å². The summed E-state index contributed by atoms with van der Waals surface area (Å²) in [6.07, 6.45) is 2.40. The minimum atomic E-state index is 0.625. The average Bonchev–Trinajstić information content (AvgIpc) is 2.15. The van der Waals surface area contributed by atoms with Gasteiger partial charge in [-0.1, -0.05) is 36.8 Å². The van der Waals surface area contributed by atoms with Gasteiger partial charge < -0.3 is 5.32 Å². The fraction of sp³-hybridized carbons (Fsp3) is 0.538.